The molecule has 0 saturated heterocycles. The van der Waals surface area contributed by atoms with Gasteiger partial charge in [0.2, 0.25) is 0 Å². The number of esters is 1. The molecule has 0 atom stereocenters. The van der Waals surface area contributed by atoms with Crippen LogP contribution in [0.1, 0.15) is 32.1 Å². The number of ether oxygens (including phenoxy) is 2. The van der Waals surface area contributed by atoms with Crippen molar-refractivity contribution in [2.45, 2.75) is 32.1 Å². The van der Waals surface area contributed by atoms with Crippen molar-refractivity contribution in [3.63, 3.8) is 0 Å². The number of hydrogen-bond donors (Lipinski definition) is 1. The molecular weight excluding hydrogens is 224 g/mol. The molecule has 0 spiro atoms. The second kappa shape index (κ2) is 11.1. The number of carbonyl (C=O) groups excluding carboxylic acids is 1. The van der Waals surface area contributed by atoms with Crippen LogP contribution in [0.15, 0.2) is 12.7 Å². The van der Waals surface area contributed by atoms with Gasteiger partial charge in [-0.1, -0.05) is 6.08 Å². The number of carboxylic acids is 1. The first-order chi connectivity index (χ1) is 8.16. The Morgan fingerprint density at radius 1 is 1.12 bits per heavy atom. The fourth-order valence-corrected chi connectivity index (χ4v) is 1.04. The molecule has 1 N–H and O–H groups in total. The van der Waals surface area contributed by atoms with Crippen molar-refractivity contribution in [2.24, 2.45) is 0 Å². The molecule has 0 aliphatic heterocycles. The molecule has 0 aliphatic rings. The number of aliphatic carboxylic acids is 1. The predicted octanol–water partition coefficient (Wildman–Crippen LogP) is 1.77. The van der Waals surface area contributed by atoms with Gasteiger partial charge >= 0.3 is 11.9 Å². The van der Waals surface area contributed by atoms with Crippen molar-refractivity contribution in [3.8, 4) is 0 Å². The summed E-state index contributed by atoms with van der Waals surface area (Å²) in [7, 11) is 0. The second-order valence-corrected chi connectivity index (χ2v) is 3.51. The number of hydrogen-bond acceptors (Lipinski definition) is 4. The molecular formula is C12H20O5. The van der Waals surface area contributed by atoms with E-state index in [2.05, 4.69) is 6.58 Å². The van der Waals surface area contributed by atoms with Crippen molar-refractivity contribution >= 4 is 11.9 Å². The van der Waals surface area contributed by atoms with E-state index in [1.165, 1.54) is 0 Å². The van der Waals surface area contributed by atoms with Crippen LogP contribution >= 0.6 is 0 Å². The van der Waals surface area contributed by atoms with Crippen LogP contribution in [-0.2, 0) is 19.1 Å². The third-order valence-corrected chi connectivity index (χ3v) is 1.96. The van der Waals surface area contributed by atoms with Crippen LogP contribution in [-0.4, -0.2) is 36.9 Å². The van der Waals surface area contributed by atoms with Crippen LogP contribution in [0.5, 0.6) is 0 Å². The highest BCUT2D eigenvalue weighted by molar-refractivity contribution is 5.76. The molecule has 0 saturated carbocycles. The van der Waals surface area contributed by atoms with Gasteiger partial charge in [0.1, 0.15) is 0 Å². The lowest BCUT2D eigenvalue weighted by molar-refractivity contribution is -0.147. The number of rotatable bonds is 11. The van der Waals surface area contributed by atoms with Crippen molar-refractivity contribution in [1.29, 1.82) is 0 Å². The molecule has 0 bridgehead atoms. The Balaban J connectivity index is 3.19. The molecule has 0 aromatic heterocycles. The molecule has 0 rings (SSSR count). The number of carboxylic acid groups (broad SMARTS) is 1. The Kier molecular flexibility index (Phi) is 10.2. The Labute approximate surface area is 101 Å². The Morgan fingerprint density at radius 2 is 1.82 bits per heavy atom. The molecule has 0 radical (unpaired) electrons. The average Bonchev–Trinajstić information content (AvgIpc) is 2.30. The standard InChI is InChI=1S/C12H20O5/c1-2-3-8-16-9-4-5-10-17-12(15)7-6-11(13)14/h2H,1,3-10H2,(H,13,14). The maximum atomic E-state index is 11.0. The maximum Gasteiger partial charge on any atom is 0.306 e. The van der Waals surface area contributed by atoms with Crippen molar-refractivity contribution in [1.82, 2.24) is 0 Å². The van der Waals surface area contributed by atoms with E-state index in [-0.39, 0.29) is 12.8 Å². The van der Waals surface area contributed by atoms with Crippen LogP contribution in [0.3, 0.4) is 0 Å². The lowest BCUT2D eigenvalue weighted by Crippen LogP contribution is -2.09. The normalized spacial score (nSPS) is 9.88. The lowest BCUT2D eigenvalue weighted by Gasteiger charge is -2.04. The summed E-state index contributed by atoms with van der Waals surface area (Å²) in [5.41, 5.74) is 0. The maximum absolute atomic E-state index is 11.0. The minimum absolute atomic E-state index is 0.0643. The van der Waals surface area contributed by atoms with Crippen molar-refractivity contribution < 1.29 is 24.2 Å². The van der Waals surface area contributed by atoms with E-state index in [0.717, 1.165) is 19.3 Å². The van der Waals surface area contributed by atoms with Gasteiger partial charge < -0.3 is 14.6 Å². The summed E-state index contributed by atoms with van der Waals surface area (Å²) in [5, 5.41) is 8.34. The molecule has 0 aromatic rings. The Hall–Kier alpha value is -1.36. The van der Waals surface area contributed by atoms with Gasteiger partial charge in [-0.3, -0.25) is 9.59 Å². The summed E-state index contributed by atoms with van der Waals surface area (Å²) in [4.78, 5) is 21.2. The fourth-order valence-electron chi connectivity index (χ4n) is 1.04. The highest BCUT2D eigenvalue weighted by atomic mass is 16.5. The molecule has 98 valence electrons. The predicted molar refractivity (Wildman–Crippen MR) is 62.7 cm³/mol. The van der Waals surface area contributed by atoms with Crippen LogP contribution in [0, 0.1) is 0 Å². The van der Waals surface area contributed by atoms with E-state index < -0.39 is 11.9 Å². The first-order valence-electron chi connectivity index (χ1n) is 5.73. The van der Waals surface area contributed by atoms with E-state index in [1.54, 1.807) is 6.08 Å². The zero-order valence-electron chi connectivity index (χ0n) is 10.0. The average molecular weight is 244 g/mol. The molecule has 17 heavy (non-hydrogen) atoms. The zero-order valence-corrected chi connectivity index (χ0v) is 10.0. The van der Waals surface area contributed by atoms with E-state index in [0.29, 0.717) is 19.8 Å². The summed E-state index contributed by atoms with van der Waals surface area (Å²) in [5.74, 6) is -1.45. The van der Waals surface area contributed by atoms with Crippen LogP contribution in [0.2, 0.25) is 0 Å². The Morgan fingerprint density at radius 3 is 2.47 bits per heavy atom. The summed E-state index contributed by atoms with van der Waals surface area (Å²) >= 11 is 0. The van der Waals surface area contributed by atoms with Gasteiger partial charge in [-0.25, -0.2) is 0 Å². The van der Waals surface area contributed by atoms with Crippen LogP contribution in [0.4, 0.5) is 0 Å². The first kappa shape index (κ1) is 15.6. The number of carbonyl (C=O) groups is 2. The van der Waals surface area contributed by atoms with Gasteiger partial charge in [0.25, 0.3) is 0 Å². The highest BCUT2D eigenvalue weighted by Crippen LogP contribution is 1.97. The van der Waals surface area contributed by atoms with Crippen molar-refractivity contribution in [3.05, 3.63) is 12.7 Å². The smallest absolute Gasteiger partial charge is 0.306 e. The van der Waals surface area contributed by atoms with Crippen LogP contribution in [0.25, 0.3) is 0 Å². The van der Waals surface area contributed by atoms with Gasteiger partial charge in [-0.2, -0.15) is 0 Å². The second-order valence-electron chi connectivity index (χ2n) is 3.51. The van der Waals surface area contributed by atoms with Gasteiger partial charge in [-0.15, -0.1) is 6.58 Å². The first-order valence-corrected chi connectivity index (χ1v) is 5.73. The molecule has 5 heteroatoms. The molecule has 0 fully saturated rings. The van der Waals surface area contributed by atoms with E-state index in [1.807, 2.05) is 0 Å². The lowest BCUT2D eigenvalue weighted by atomic mass is 10.3. The minimum atomic E-state index is -0.988. The van der Waals surface area contributed by atoms with E-state index in [4.69, 9.17) is 14.6 Å². The molecule has 0 aliphatic carbocycles. The third kappa shape index (κ3) is 12.6. The van der Waals surface area contributed by atoms with Gasteiger partial charge in [0.15, 0.2) is 0 Å². The summed E-state index contributed by atoms with van der Waals surface area (Å²) < 4.78 is 10.1. The summed E-state index contributed by atoms with van der Waals surface area (Å²) in [6.07, 6.45) is 3.94. The molecule has 5 nitrogen and oxygen atoms in total. The zero-order chi connectivity index (χ0) is 12.9. The Bertz CT molecular complexity index is 237. The van der Waals surface area contributed by atoms with Gasteiger partial charge in [0.05, 0.1) is 19.4 Å². The molecule has 0 unspecified atom stereocenters. The fraction of sp³-hybridized carbons (Fsp3) is 0.667. The topological polar surface area (TPSA) is 72.8 Å². The summed E-state index contributed by atoms with van der Waals surface area (Å²) in [6, 6.07) is 0. The molecule has 0 heterocycles. The quantitative estimate of drug-likeness (QED) is 0.340. The third-order valence-electron chi connectivity index (χ3n) is 1.96. The van der Waals surface area contributed by atoms with Crippen molar-refractivity contribution in [2.75, 3.05) is 19.8 Å². The molecule has 0 amide bonds. The van der Waals surface area contributed by atoms with E-state index in [9.17, 15) is 9.59 Å². The van der Waals surface area contributed by atoms with Gasteiger partial charge in [0, 0.05) is 13.2 Å². The SMILES string of the molecule is C=CCCOCCCCOC(=O)CCC(=O)O. The van der Waals surface area contributed by atoms with Gasteiger partial charge in [-0.05, 0) is 19.3 Å². The monoisotopic (exact) mass is 244 g/mol. The minimum Gasteiger partial charge on any atom is -0.481 e. The highest BCUT2D eigenvalue weighted by Gasteiger charge is 2.05. The number of unbranched alkanes of at least 4 members (excludes halogenated alkanes) is 1. The molecule has 0 aromatic carbocycles. The largest absolute Gasteiger partial charge is 0.481 e. The van der Waals surface area contributed by atoms with E-state index >= 15 is 0 Å². The summed E-state index contributed by atoms with van der Waals surface area (Å²) in [6.45, 7) is 5.21. The van der Waals surface area contributed by atoms with Crippen LogP contribution < -0.4 is 0 Å².